The molecule has 0 amide bonds. The Labute approximate surface area is 248 Å². The maximum absolute atomic E-state index is 14.7. The number of aromatic nitrogens is 7. The Morgan fingerprint density at radius 3 is 2.63 bits per heavy atom. The van der Waals surface area contributed by atoms with Gasteiger partial charge in [0.15, 0.2) is 11.5 Å². The van der Waals surface area contributed by atoms with Crippen molar-refractivity contribution < 1.29 is 9.13 Å². The molecule has 0 unspecified atom stereocenters. The zero-order valence-electron chi connectivity index (χ0n) is 24.5. The third-order valence-electron chi connectivity index (χ3n) is 6.98. The quantitative estimate of drug-likeness (QED) is 0.200. The second kappa shape index (κ2) is 12.1. The van der Waals surface area contributed by atoms with Crippen molar-refractivity contribution in [2.24, 2.45) is 0 Å². The molecule has 0 atom stereocenters. The summed E-state index contributed by atoms with van der Waals surface area (Å²) in [4.78, 5) is 25.7. The molecule has 5 heterocycles. The number of anilines is 1. The predicted octanol–water partition coefficient (Wildman–Crippen LogP) is 4.68. The monoisotopic (exact) mass is 580 g/mol. The van der Waals surface area contributed by atoms with Crippen LogP contribution in [0.5, 0.6) is 5.75 Å². The Balaban J connectivity index is 1.33. The fourth-order valence-corrected chi connectivity index (χ4v) is 4.77. The van der Waals surface area contributed by atoms with E-state index in [4.69, 9.17) is 9.72 Å². The smallest absolute Gasteiger partial charge is 0.178 e. The minimum atomic E-state index is -0.325. The minimum Gasteiger partial charge on any atom is -0.491 e. The summed E-state index contributed by atoms with van der Waals surface area (Å²) >= 11 is 0. The Morgan fingerprint density at radius 2 is 1.79 bits per heavy atom. The molecule has 0 radical (unpaired) electrons. The first-order valence-electron chi connectivity index (χ1n) is 14.0. The molecule has 5 aromatic heterocycles. The standard InChI is InChI=1S/C31H33FN10O/c1-41(2)8-7-34-22-12-19(11-21(32)14-22)24-5-6-35-30-28(24)37-31(38-30)29-25-15-26(36-18-27(25)39-40-29)20-13-23(17-33-16-20)43-10-9-42(3)4/h5-6,11-18,34H,7-10H2,1-4H3,(H,39,40)(H,35,37,38). The van der Waals surface area contributed by atoms with Gasteiger partial charge in [-0.1, -0.05) is 0 Å². The summed E-state index contributed by atoms with van der Waals surface area (Å²) in [7, 11) is 8.00. The molecule has 12 heteroatoms. The first kappa shape index (κ1) is 28.2. The van der Waals surface area contributed by atoms with Gasteiger partial charge in [0.05, 0.1) is 29.1 Å². The van der Waals surface area contributed by atoms with E-state index in [1.807, 2.05) is 52.5 Å². The van der Waals surface area contributed by atoms with E-state index in [-0.39, 0.29) is 5.82 Å². The van der Waals surface area contributed by atoms with Gasteiger partial charge in [-0.05, 0) is 70.2 Å². The number of rotatable bonds is 11. The van der Waals surface area contributed by atoms with Gasteiger partial charge in [-0.15, -0.1) is 0 Å². The van der Waals surface area contributed by atoms with Crippen LogP contribution in [0.1, 0.15) is 0 Å². The number of imidazole rings is 1. The lowest BCUT2D eigenvalue weighted by atomic mass is 10.0. The Hall–Kier alpha value is -4.94. The summed E-state index contributed by atoms with van der Waals surface area (Å²) < 4.78 is 20.5. The lowest BCUT2D eigenvalue weighted by molar-refractivity contribution is 0.261. The number of benzene rings is 1. The van der Waals surface area contributed by atoms with E-state index >= 15 is 0 Å². The third-order valence-corrected chi connectivity index (χ3v) is 6.98. The van der Waals surface area contributed by atoms with Crippen molar-refractivity contribution in [1.29, 1.82) is 0 Å². The van der Waals surface area contributed by atoms with Crippen LogP contribution >= 0.6 is 0 Å². The second-order valence-electron chi connectivity index (χ2n) is 10.8. The van der Waals surface area contributed by atoms with Crippen molar-refractivity contribution in [3.05, 3.63) is 67.0 Å². The number of fused-ring (bicyclic) bond motifs is 2. The Bertz CT molecular complexity index is 1880. The second-order valence-corrected chi connectivity index (χ2v) is 10.8. The van der Waals surface area contributed by atoms with Crippen LogP contribution in [0.2, 0.25) is 0 Å². The van der Waals surface area contributed by atoms with Gasteiger partial charge in [0.1, 0.15) is 23.9 Å². The zero-order chi connectivity index (χ0) is 29.9. The molecule has 0 saturated carbocycles. The van der Waals surface area contributed by atoms with Crippen LogP contribution in [0, 0.1) is 5.82 Å². The Morgan fingerprint density at radius 1 is 0.930 bits per heavy atom. The highest BCUT2D eigenvalue weighted by molar-refractivity contribution is 5.97. The fourth-order valence-electron chi connectivity index (χ4n) is 4.77. The maximum atomic E-state index is 14.7. The first-order chi connectivity index (χ1) is 20.8. The molecule has 220 valence electrons. The van der Waals surface area contributed by atoms with E-state index in [2.05, 4.69) is 45.2 Å². The first-order valence-corrected chi connectivity index (χ1v) is 14.0. The van der Waals surface area contributed by atoms with Gasteiger partial charge in [0.25, 0.3) is 0 Å². The number of hydrogen-bond donors (Lipinski definition) is 3. The molecule has 6 aromatic rings. The number of nitrogens with zero attached hydrogens (tertiary/aromatic N) is 7. The molecule has 0 aliphatic heterocycles. The van der Waals surface area contributed by atoms with E-state index in [1.165, 1.54) is 12.1 Å². The van der Waals surface area contributed by atoms with Gasteiger partial charge in [-0.25, -0.2) is 14.4 Å². The summed E-state index contributed by atoms with van der Waals surface area (Å²) in [5, 5.41) is 11.7. The highest BCUT2D eigenvalue weighted by Gasteiger charge is 2.17. The molecule has 0 aliphatic carbocycles. The van der Waals surface area contributed by atoms with E-state index in [9.17, 15) is 4.39 Å². The van der Waals surface area contributed by atoms with Crippen LogP contribution in [0.3, 0.4) is 0 Å². The maximum Gasteiger partial charge on any atom is 0.178 e. The largest absolute Gasteiger partial charge is 0.491 e. The van der Waals surface area contributed by atoms with Crippen molar-refractivity contribution >= 4 is 27.8 Å². The highest BCUT2D eigenvalue weighted by atomic mass is 19.1. The van der Waals surface area contributed by atoms with Crippen molar-refractivity contribution in [2.45, 2.75) is 0 Å². The Kier molecular flexibility index (Phi) is 7.95. The van der Waals surface area contributed by atoms with E-state index in [0.29, 0.717) is 52.8 Å². The minimum absolute atomic E-state index is 0.325. The van der Waals surface area contributed by atoms with E-state index in [1.54, 1.807) is 24.8 Å². The van der Waals surface area contributed by atoms with Crippen molar-refractivity contribution in [2.75, 3.05) is 59.7 Å². The van der Waals surface area contributed by atoms with E-state index in [0.717, 1.165) is 40.8 Å². The molecule has 0 bridgehead atoms. The van der Waals surface area contributed by atoms with Crippen LogP contribution < -0.4 is 10.1 Å². The number of aromatic amines is 2. The SMILES string of the molecule is CN(C)CCNc1cc(F)cc(-c2ccnc3nc(-c4n[nH]c5cnc(-c6cncc(OCCN(C)C)c6)cc45)[nH]c23)c1. The molecule has 0 fully saturated rings. The molecule has 11 nitrogen and oxygen atoms in total. The predicted molar refractivity (Wildman–Crippen MR) is 166 cm³/mol. The van der Waals surface area contributed by atoms with Crippen LogP contribution in [-0.2, 0) is 0 Å². The number of halogens is 1. The summed E-state index contributed by atoms with van der Waals surface area (Å²) in [6.45, 7) is 2.89. The molecule has 43 heavy (non-hydrogen) atoms. The summed E-state index contributed by atoms with van der Waals surface area (Å²) in [5.41, 5.74) is 6.36. The van der Waals surface area contributed by atoms with Gasteiger partial charge in [-0.2, -0.15) is 5.10 Å². The molecule has 0 spiro atoms. The van der Waals surface area contributed by atoms with Crippen molar-refractivity contribution in [3.63, 3.8) is 0 Å². The topological polar surface area (TPSA) is 124 Å². The van der Waals surface area contributed by atoms with Crippen LogP contribution in [0.25, 0.3) is 56.0 Å². The van der Waals surface area contributed by atoms with Gasteiger partial charge in [0.2, 0.25) is 0 Å². The van der Waals surface area contributed by atoms with Crippen molar-refractivity contribution in [3.8, 4) is 39.7 Å². The lowest BCUT2D eigenvalue weighted by Crippen LogP contribution is -2.20. The fraction of sp³-hybridized carbons (Fsp3) is 0.258. The van der Waals surface area contributed by atoms with Crippen LogP contribution in [-0.4, -0.2) is 99.3 Å². The van der Waals surface area contributed by atoms with E-state index < -0.39 is 0 Å². The number of H-pyrrole nitrogens is 2. The van der Waals surface area contributed by atoms with Gasteiger partial charge in [-0.3, -0.25) is 15.1 Å². The van der Waals surface area contributed by atoms with Crippen molar-refractivity contribution in [1.82, 2.24) is 44.9 Å². The number of nitrogens with one attached hydrogen (secondary N) is 3. The van der Waals surface area contributed by atoms with Gasteiger partial charge in [0, 0.05) is 54.2 Å². The van der Waals surface area contributed by atoms with Gasteiger partial charge >= 0.3 is 0 Å². The summed E-state index contributed by atoms with van der Waals surface area (Å²) in [6, 6.07) is 10.7. The molecular formula is C31H33FN10O. The number of pyridine rings is 3. The third kappa shape index (κ3) is 6.30. The number of likely N-dealkylation sites (N-methyl/N-ethyl adjacent to an activating group) is 2. The zero-order valence-corrected chi connectivity index (χ0v) is 24.5. The van der Waals surface area contributed by atoms with Crippen LogP contribution in [0.15, 0.2) is 61.2 Å². The highest BCUT2D eigenvalue weighted by Crippen LogP contribution is 2.33. The molecule has 3 N–H and O–H groups in total. The molecule has 1 aromatic carbocycles. The summed E-state index contributed by atoms with van der Waals surface area (Å²) in [6.07, 6.45) is 6.87. The summed E-state index contributed by atoms with van der Waals surface area (Å²) in [5.74, 6) is 0.894. The lowest BCUT2D eigenvalue weighted by Gasteiger charge is -2.13. The molecule has 0 saturated heterocycles. The average Bonchev–Trinajstić information content (AvgIpc) is 3.60. The molecule has 6 rings (SSSR count). The van der Waals surface area contributed by atoms with Gasteiger partial charge < -0.3 is 24.8 Å². The number of ether oxygens (including phenoxy) is 1. The average molecular weight is 581 g/mol. The normalized spacial score (nSPS) is 11.7. The molecular weight excluding hydrogens is 547 g/mol. The number of hydrogen-bond acceptors (Lipinski definition) is 9. The van der Waals surface area contributed by atoms with Crippen LogP contribution in [0.4, 0.5) is 10.1 Å². The molecule has 0 aliphatic rings.